The van der Waals surface area contributed by atoms with Gasteiger partial charge in [0.2, 0.25) is 0 Å². The molecule has 0 saturated carbocycles. The molecule has 1 N–H and O–H groups in total. The molecule has 0 aliphatic heterocycles. The van der Waals surface area contributed by atoms with Crippen LogP contribution in [0.3, 0.4) is 0 Å². The van der Waals surface area contributed by atoms with Gasteiger partial charge in [0, 0.05) is 0 Å². The molecule has 0 aromatic carbocycles. The summed E-state index contributed by atoms with van der Waals surface area (Å²) in [6.07, 6.45) is -24.8. The molecule has 0 spiro atoms. The van der Waals surface area contributed by atoms with Crippen molar-refractivity contribution in [3.05, 3.63) is 0 Å². The normalized spacial score (nSPS) is 22.0. The maximum absolute atomic E-state index is 13.3. The van der Waals surface area contributed by atoms with E-state index in [-0.39, 0.29) is 0 Å². The lowest BCUT2D eigenvalue weighted by atomic mass is 9.98. The number of alkyl halides is 8. The average molecular weight is 380 g/mol. The highest BCUT2D eigenvalue weighted by molar-refractivity contribution is 7.85. The fraction of sp³-hybridized carbons (Fsp3) is 1.00. The molecule has 0 bridgehead atoms. The molecule has 0 amide bonds. The van der Waals surface area contributed by atoms with E-state index >= 15 is 0 Å². The van der Waals surface area contributed by atoms with E-state index in [1.54, 1.807) is 0 Å². The Kier molecular flexibility index (Phi) is 9.33. The van der Waals surface area contributed by atoms with Crippen LogP contribution in [0.15, 0.2) is 0 Å². The minimum atomic E-state index is -5.06. The van der Waals surface area contributed by atoms with Crippen LogP contribution in [0, 0.1) is 0 Å². The van der Waals surface area contributed by atoms with Crippen molar-refractivity contribution in [2.24, 2.45) is 0 Å². The molecule has 7 atom stereocenters. The molecule has 0 aromatic heterocycles. The Hall–Kier alpha value is -0.650. The molecule has 23 heavy (non-hydrogen) atoms. The van der Waals surface area contributed by atoms with Crippen LogP contribution in [0.2, 0.25) is 0 Å². The molecule has 0 rings (SSSR count). The van der Waals surface area contributed by atoms with Gasteiger partial charge in [-0.05, 0) is 12.8 Å². The fourth-order valence-corrected chi connectivity index (χ4v) is 2.24. The first-order valence-electron chi connectivity index (χ1n) is 6.42. The standard InChI is InChI=1S/C11H16F8O3S/c12-3-1-2-5(13)7(15)9(17)11(19)10(18)8(16)6(14)4-23(20,21)22/h5-11H,1-4H2,(H,20,21,22). The number of halogens is 8. The molecule has 3 nitrogen and oxygen atoms in total. The summed E-state index contributed by atoms with van der Waals surface area (Å²) >= 11 is 0. The zero-order chi connectivity index (χ0) is 18.4. The number of rotatable bonds is 11. The Morgan fingerprint density at radius 1 is 0.739 bits per heavy atom. The van der Waals surface area contributed by atoms with Gasteiger partial charge in [0.1, 0.15) is 11.9 Å². The Morgan fingerprint density at radius 2 is 1.13 bits per heavy atom. The Bertz CT molecular complexity index is 437. The fourth-order valence-electron chi connectivity index (χ4n) is 1.65. The van der Waals surface area contributed by atoms with Crippen LogP contribution in [-0.4, -0.2) is 68.6 Å². The minimum absolute atomic E-state index is 0.503. The van der Waals surface area contributed by atoms with Gasteiger partial charge in [0.05, 0.1) is 6.67 Å². The largest absolute Gasteiger partial charge is 0.285 e. The maximum Gasteiger partial charge on any atom is 0.267 e. The molecule has 0 fully saturated rings. The number of hydrogen-bond acceptors (Lipinski definition) is 2. The van der Waals surface area contributed by atoms with Gasteiger partial charge in [-0.25, -0.2) is 30.7 Å². The Labute approximate surface area is 127 Å². The van der Waals surface area contributed by atoms with Crippen LogP contribution in [0.4, 0.5) is 35.1 Å². The lowest BCUT2D eigenvalue weighted by molar-refractivity contribution is -0.0337. The minimum Gasteiger partial charge on any atom is -0.285 e. The van der Waals surface area contributed by atoms with Gasteiger partial charge in [0.25, 0.3) is 10.1 Å². The van der Waals surface area contributed by atoms with Crippen LogP contribution in [0.25, 0.3) is 0 Å². The first-order valence-corrected chi connectivity index (χ1v) is 8.03. The predicted octanol–water partition coefficient (Wildman–Crippen LogP) is 2.99. The topological polar surface area (TPSA) is 54.4 Å². The summed E-state index contributed by atoms with van der Waals surface area (Å²) in [6, 6.07) is 0. The van der Waals surface area contributed by atoms with Crippen LogP contribution >= 0.6 is 0 Å². The highest BCUT2D eigenvalue weighted by Crippen LogP contribution is 2.27. The van der Waals surface area contributed by atoms with Crippen LogP contribution in [-0.2, 0) is 10.1 Å². The lowest BCUT2D eigenvalue weighted by Gasteiger charge is -2.25. The Balaban J connectivity index is 4.75. The zero-order valence-electron chi connectivity index (χ0n) is 11.6. The third-order valence-corrected chi connectivity index (χ3v) is 3.63. The summed E-state index contributed by atoms with van der Waals surface area (Å²) < 4.78 is 133. The molecule has 0 heterocycles. The number of hydrogen-bond donors (Lipinski definition) is 1. The van der Waals surface area contributed by atoms with Crippen molar-refractivity contribution in [3.63, 3.8) is 0 Å². The lowest BCUT2D eigenvalue weighted by Crippen LogP contribution is -2.46. The predicted molar refractivity (Wildman–Crippen MR) is 65.9 cm³/mol. The first kappa shape index (κ1) is 22.4. The second kappa shape index (κ2) is 9.60. The summed E-state index contributed by atoms with van der Waals surface area (Å²) in [6.45, 7) is -1.05. The van der Waals surface area contributed by atoms with Crippen molar-refractivity contribution >= 4 is 10.1 Å². The van der Waals surface area contributed by atoms with E-state index in [0.717, 1.165) is 0 Å². The van der Waals surface area contributed by atoms with Crippen LogP contribution in [0.1, 0.15) is 12.8 Å². The van der Waals surface area contributed by atoms with E-state index in [4.69, 9.17) is 4.55 Å². The second-order valence-electron chi connectivity index (χ2n) is 4.83. The van der Waals surface area contributed by atoms with Gasteiger partial charge in [-0.3, -0.25) is 8.94 Å². The molecular weight excluding hydrogens is 364 g/mol. The molecular formula is C11H16F8O3S. The third kappa shape index (κ3) is 7.64. The van der Waals surface area contributed by atoms with Crippen molar-refractivity contribution in [3.8, 4) is 0 Å². The van der Waals surface area contributed by atoms with Gasteiger partial charge in [-0.15, -0.1) is 0 Å². The molecule has 12 heteroatoms. The zero-order valence-corrected chi connectivity index (χ0v) is 12.4. The van der Waals surface area contributed by atoms with E-state index in [1.165, 1.54) is 0 Å². The third-order valence-electron chi connectivity index (χ3n) is 2.89. The van der Waals surface area contributed by atoms with Crippen molar-refractivity contribution in [1.29, 1.82) is 0 Å². The molecule has 140 valence electrons. The van der Waals surface area contributed by atoms with E-state index < -0.39 is 78.6 Å². The van der Waals surface area contributed by atoms with Crippen LogP contribution < -0.4 is 0 Å². The molecule has 0 radical (unpaired) electrons. The summed E-state index contributed by atoms with van der Waals surface area (Å²) in [5.41, 5.74) is 0. The van der Waals surface area contributed by atoms with Gasteiger partial charge in [0.15, 0.2) is 37.0 Å². The average Bonchev–Trinajstić information content (AvgIpc) is 2.46. The molecule has 0 saturated heterocycles. The first-order chi connectivity index (χ1) is 10.4. The van der Waals surface area contributed by atoms with E-state index in [9.17, 15) is 43.5 Å². The highest BCUT2D eigenvalue weighted by atomic mass is 32.2. The van der Waals surface area contributed by atoms with Crippen LogP contribution in [0.5, 0.6) is 0 Å². The van der Waals surface area contributed by atoms with Crippen molar-refractivity contribution in [1.82, 2.24) is 0 Å². The summed E-state index contributed by atoms with van der Waals surface area (Å²) in [5, 5.41) is 0. The van der Waals surface area contributed by atoms with E-state index in [0.29, 0.717) is 0 Å². The SMILES string of the molecule is O=S(=O)(O)CC(F)C(F)C(F)C(F)C(F)C(F)C(F)CCCF. The summed E-state index contributed by atoms with van der Waals surface area (Å²) in [4.78, 5) is 0. The van der Waals surface area contributed by atoms with Crippen molar-refractivity contribution in [2.75, 3.05) is 12.4 Å². The summed E-state index contributed by atoms with van der Waals surface area (Å²) in [5.74, 6) is -1.92. The molecule has 7 unspecified atom stereocenters. The summed E-state index contributed by atoms with van der Waals surface area (Å²) in [7, 11) is -5.06. The van der Waals surface area contributed by atoms with Gasteiger partial charge >= 0.3 is 0 Å². The van der Waals surface area contributed by atoms with E-state index in [1.807, 2.05) is 0 Å². The van der Waals surface area contributed by atoms with Gasteiger partial charge < -0.3 is 0 Å². The second-order valence-corrected chi connectivity index (χ2v) is 6.33. The Morgan fingerprint density at radius 3 is 1.52 bits per heavy atom. The maximum atomic E-state index is 13.3. The quantitative estimate of drug-likeness (QED) is 0.443. The molecule has 0 aromatic rings. The molecule has 0 aliphatic rings. The van der Waals surface area contributed by atoms with Crippen molar-refractivity contribution in [2.45, 2.75) is 56.0 Å². The van der Waals surface area contributed by atoms with Gasteiger partial charge in [-0.1, -0.05) is 0 Å². The monoisotopic (exact) mass is 380 g/mol. The van der Waals surface area contributed by atoms with Gasteiger partial charge in [-0.2, -0.15) is 8.42 Å². The highest BCUT2D eigenvalue weighted by Gasteiger charge is 2.46. The van der Waals surface area contributed by atoms with E-state index in [2.05, 4.69) is 0 Å². The smallest absolute Gasteiger partial charge is 0.267 e. The molecule has 0 aliphatic carbocycles. The van der Waals surface area contributed by atoms with Crippen molar-refractivity contribution < 1.29 is 48.1 Å².